The van der Waals surface area contributed by atoms with Gasteiger partial charge in [-0.15, -0.1) is 0 Å². The van der Waals surface area contributed by atoms with Gasteiger partial charge in [0.15, 0.2) is 0 Å². The summed E-state index contributed by atoms with van der Waals surface area (Å²) in [6, 6.07) is 15.8. The monoisotopic (exact) mass is 358 g/mol. The second-order valence-corrected chi connectivity index (χ2v) is 7.85. The van der Waals surface area contributed by atoms with Gasteiger partial charge in [-0.05, 0) is 42.7 Å². The zero-order valence-electron chi connectivity index (χ0n) is 14.2. The number of sulfonamides is 1. The van der Waals surface area contributed by atoms with Crippen molar-refractivity contribution in [3.63, 3.8) is 0 Å². The summed E-state index contributed by atoms with van der Waals surface area (Å²) in [5, 5.41) is 0. The standard InChI is InChI=1S/C19H22N2O3S/c1-2-18(15-7-4-3-5-8-15)20-25(23,24)17-12-10-16(11-13-17)21-14-6-9-19(21)22/h3-5,7-8,10-13,18,20H,2,6,9,14H2,1H3/t18-/m1/s1. The lowest BCUT2D eigenvalue weighted by Gasteiger charge is -2.19. The zero-order valence-corrected chi connectivity index (χ0v) is 15.0. The number of carbonyl (C=O) groups excluding carboxylic acids is 1. The molecule has 1 atom stereocenters. The molecule has 1 N–H and O–H groups in total. The van der Waals surface area contributed by atoms with Crippen molar-refractivity contribution in [3.05, 3.63) is 60.2 Å². The quantitative estimate of drug-likeness (QED) is 0.862. The van der Waals surface area contributed by atoms with Crippen molar-refractivity contribution in [1.29, 1.82) is 0 Å². The summed E-state index contributed by atoms with van der Waals surface area (Å²) in [6.45, 7) is 2.64. The van der Waals surface area contributed by atoms with Crippen molar-refractivity contribution in [2.45, 2.75) is 37.1 Å². The third-order valence-electron chi connectivity index (χ3n) is 4.44. The van der Waals surface area contributed by atoms with Crippen LogP contribution in [0.2, 0.25) is 0 Å². The largest absolute Gasteiger partial charge is 0.312 e. The molecule has 6 heteroatoms. The van der Waals surface area contributed by atoms with Gasteiger partial charge in [0.25, 0.3) is 0 Å². The smallest absolute Gasteiger partial charge is 0.241 e. The van der Waals surface area contributed by atoms with Crippen molar-refractivity contribution < 1.29 is 13.2 Å². The SMILES string of the molecule is CC[C@@H](NS(=O)(=O)c1ccc(N2CCCC2=O)cc1)c1ccccc1. The van der Waals surface area contributed by atoms with Crippen molar-refractivity contribution >= 4 is 21.6 Å². The molecule has 0 aliphatic carbocycles. The summed E-state index contributed by atoms with van der Waals surface area (Å²) in [7, 11) is -3.63. The molecular weight excluding hydrogens is 336 g/mol. The molecule has 0 bridgehead atoms. The number of rotatable bonds is 6. The number of anilines is 1. The Kier molecular flexibility index (Phi) is 5.20. The average Bonchev–Trinajstić information content (AvgIpc) is 3.06. The molecule has 0 unspecified atom stereocenters. The predicted molar refractivity (Wildman–Crippen MR) is 97.8 cm³/mol. The number of hydrogen-bond acceptors (Lipinski definition) is 3. The van der Waals surface area contributed by atoms with Crippen LogP contribution >= 0.6 is 0 Å². The maximum atomic E-state index is 12.7. The van der Waals surface area contributed by atoms with Crippen molar-refractivity contribution in [3.8, 4) is 0 Å². The molecule has 3 rings (SSSR count). The summed E-state index contributed by atoms with van der Waals surface area (Å²) >= 11 is 0. The molecular formula is C19H22N2O3S. The molecule has 2 aromatic carbocycles. The first-order chi connectivity index (χ1) is 12.0. The van der Waals surface area contributed by atoms with Crippen molar-refractivity contribution in [2.75, 3.05) is 11.4 Å². The number of carbonyl (C=O) groups is 1. The Morgan fingerprint density at radius 1 is 1.08 bits per heavy atom. The van der Waals surface area contributed by atoms with Crippen LogP contribution in [0.15, 0.2) is 59.5 Å². The molecule has 5 nitrogen and oxygen atoms in total. The van der Waals surface area contributed by atoms with Crippen LogP contribution in [0.4, 0.5) is 5.69 Å². The topological polar surface area (TPSA) is 66.5 Å². The van der Waals surface area contributed by atoms with Gasteiger partial charge >= 0.3 is 0 Å². The maximum absolute atomic E-state index is 12.7. The Balaban J connectivity index is 1.78. The molecule has 1 amide bonds. The van der Waals surface area contributed by atoms with Gasteiger partial charge in [-0.3, -0.25) is 4.79 Å². The molecule has 0 saturated carbocycles. The fourth-order valence-corrected chi connectivity index (χ4v) is 4.36. The molecule has 0 aromatic heterocycles. The van der Waals surface area contributed by atoms with Crippen LogP contribution in [0.25, 0.3) is 0 Å². The van der Waals surface area contributed by atoms with Crippen molar-refractivity contribution in [1.82, 2.24) is 4.72 Å². The lowest BCUT2D eigenvalue weighted by molar-refractivity contribution is -0.117. The molecule has 0 spiro atoms. The second kappa shape index (κ2) is 7.37. The number of amides is 1. The highest BCUT2D eigenvalue weighted by atomic mass is 32.2. The van der Waals surface area contributed by atoms with Crippen LogP contribution in [0.5, 0.6) is 0 Å². The van der Waals surface area contributed by atoms with Gasteiger partial charge < -0.3 is 4.90 Å². The predicted octanol–water partition coefficient (Wildman–Crippen LogP) is 3.24. The van der Waals surface area contributed by atoms with E-state index < -0.39 is 10.0 Å². The van der Waals surface area contributed by atoms with Gasteiger partial charge in [0.2, 0.25) is 15.9 Å². The first kappa shape index (κ1) is 17.6. The van der Waals surface area contributed by atoms with E-state index in [0.29, 0.717) is 19.4 Å². The van der Waals surface area contributed by atoms with E-state index in [1.807, 2.05) is 37.3 Å². The van der Waals surface area contributed by atoms with Gasteiger partial charge in [-0.1, -0.05) is 37.3 Å². The number of hydrogen-bond donors (Lipinski definition) is 1. The fourth-order valence-electron chi connectivity index (χ4n) is 3.05. The van der Waals surface area contributed by atoms with Gasteiger partial charge in [0.1, 0.15) is 0 Å². The van der Waals surface area contributed by atoms with E-state index in [0.717, 1.165) is 17.7 Å². The van der Waals surface area contributed by atoms with E-state index in [4.69, 9.17) is 0 Å². The van der Waals surface area contributed by atoms with E-state index in [2.05, 4.69) is 4.72 Å². The lowest BCUT2D eigenvalue weighted by Crippen LogP contribution is -2.28. The van der Waals surface area contributed by atoms with Crippen molar-refractivity contribution in [2.24, 2.45) is 0 Å². The Bertz CT molecular complexity index is 833. The minimum atomic E-state index is -3.63. The molecule has 1 aliphatic heterocycles. The van der Waals surface area contributed by atoms with Gasteiger partial charge in [-0.25, -0.2) is 13.1 Å². The molecule has 1 heterocycles. The summed E-state index contributed by atoms with van der Waals surface area (Å²) in [5.74, 6) is 0.0869. The van der Waals surface area contributed by atoms with Gasteiger partial charge in [-0.2, -0.15) is 0 Å². The second-order valence-electron chi connectivity index (χ2n) is 6.14. The molecule has 1 aliphatic rings. The Morgan fingerprint density at radius 3 is 2.32 bits per heavy atom. The Hall–Kier alpha value is -2.18. The van der Waals surface area contributed by atoms with Crippen LogP contribution in [-0.2, 0) is 14.8 Å². The number of nitrogens with zero attached hydrogens (tertiary/aromatic N) is 1. The van der Waals surface area contributed by atoms with Crippen LogP contribution in [0.1, 0.15) is 37.8 Å². The summed E-state index contributed by atoms with van der Waals surface area (Å²) < 4.78 is 28.1. The fraction of sp³-hybridized carbons (Fsp3) is 0.316. The molecule has 1 saturated heterocycles. The van der Waals surface area contributed by atoms with E-state index in [-0.39, 0.29) is 16.8 Å². The molecule has 132 valence electrons. The summed E-state index contributed by atoms with van der Waals surface area (Å²) in [5.41, 5.74) is 1.68. The summed E-state index contributed by atoms with van der Waals surface area (Å²) in [4.78, 5) is 13.7. The average molecular weight is 358 g/mol. The maximum Gasteiger partial charge on any atom is 0.241 e. The number of nitrogens with one attached hydrogen (secondary N) is 1. The highest BCUT2D eigenvalue weighted by molar-refractivity contribution is 7.89. The molecule has 25 heavy (non-hydrogen) atoms. The zero-order chi connectivity index (χ0) is 17.9. The van der Waals surface area contributed by atoms with Crippen LogP contribution in [0, 0.1) is 0 Å². The Labute approximate surface area is 148 Å². The third kappa shape index (κ3) is 3.91. The van der Waals surface area contributed by atoms with E-state index >= 15 is 0 Å². The van der Waals surface area contributed by atoms with Gasteiger partial charge in [0.05, 0.1) is 4.90 Å². The van der Waals surface area contributed by atoms with E-state index in [1.54, 1.807) is 29.2 Å². The molecule has 1 fully saturated rings. The highest BCUT2D eigenvalue weighted by Crippen LogP contribution is 2.24. The highest BCUT2D eigenvalue weighted by Gasteiger charge is 2.23. The Morgan fingerprint density at radius 2 is 1.76 bits per heavy atom. The van der Waals surface area contributed by atoms with E-state index in [9.17, 15) is 13.2 Å². The van der Waals surface area contributed by atoms with Crippen LogP contribution < -0.4 is 9.62 Å². The lowest BCUT2D eigenvalue weighted by atomic mass is 10.1. The first-order valence-corrected chi connectivity index (χ1v) is 9.97. The first-order valence-electron chi connectivity index (χ1n) is 8.49. The molecule has 0 radical (unpaired) electrons. The van der Waals surface area contributed by atoms with Crippen LogP contribution in [0.3, 0.4) is 0 Å². The molecule has 2 aromatic rings. The third-order valence-corrected chi connectivity index (χ3v) is 5.93. The summed E-state index contributed by atoms with van der Waals surface area (Å²) in [6.07, 6.45) is 2.05. The number of benzene rings is 2. The van der Waals surface area contributed by atoms with E-state index in [1.165, 1.54) is 0 Å². The van der Waals surface area contributed by atoms with Crippen LogP contribution in [-0.4, -0.2) is 20.9 Å². The minimum Gasteiger partial charge on any atom is -0.312 e. The normalized spacial score (nSPS) is 16.2. The van der Waals surface area contributed by atoms with Gasteiger partial charge in [0, 0.05) is 24.7 Å². The minimum absolute atomic E-state index is 0.0869.